The molecule has 3 unspecified atom stereocenters. The molecular formula is C14H25N3S. The summed E-state index contributed by atoms with van der Waals surface area (Å²) in [5.74, 6) is 1.49. The van der Waals surface area contributed by atoms with Crippen LogP contribution in [0.15, 0.2) is 5.38 Å². The molecule has 0 aromatic carbocycles. The van der Waals surface area contributed by atoms with Crippen molar-refractivity contribution in [1.82, 2.24) is 9.88 Å². The van der Waals surface area contributed by atoms with E-state index < -0.39 is 0 Å². The van der Waals surface area contributed by atoms with E-state index in [1.165, 1.54) is 25.0 Å². The van der Waals surface area contributed by atoms with Gasteiger partial charge in [-0.15, -0.1) is 11.3 Å². The van der Waals surface area contributed by atoms with Crippen LogP contribution in [0.1, 0.15) is 36.9 Å². The monoisotopic (exact) mass is 267 g/mol. The van der Waals surface area contributed by atoms with Crippen LogP contribution in [0.5, 0.6) is 0 Å². The molecule has 3 atom stereocenters. The van der Waals surface area contributed by atoms with Gasteiger partial charge in [0.1, 0.15) is 0 Å². The third-order valence-corrected chi connectivity index (χ3v) is 4.77. The fourth-order valence-corrected chi connectivity index (χ4v) is 3.56. The standard InChI is InChI=1S/C14H25N3S/c1-10-4-5-14(15)12(6-10)7-17(3)8-13-9-18-11(2)16-13/h9-10,12,14H,4-8,15H2,1-3H3. The number of thiazole rings is 1. The second-order valence-electron chi connectivity index (χ2n) is 5.90. The summed E-state index contributed by atoms with van der Waals surface area (Å²) >= 11 is 1.73. The molecule has 0 bridgehead atoms. The highest BCUT2D eigenvalue weighted by Gasteiger charge is 2.26. The summed E-state index contributed by atoms with van der Waals surface area (Å²) in [6, 6.07) is 0.390. The molecule has 3 nitrogen and oxygen atoms in total. The molecule has 0 radical (unpaired) electrons. The number of nitrogens with two attached hydrogens (primary N) is 1. The lowest BCUT2D eigenvalue weighted by atomic mass is 9.79. The van der Waals surface area contributed by atoms with E-state index in [0.29, 0.717) is 12.0 Å². The predicted molar refractivity (Wildman–Crippen MR) is 77.7 cm³/mol. The summed E-state index contributed by atoms with van der Waals surface area (Å²) < 4.78 is 0. The fraction of sp³-hybridized carbons (Fsp3) is 0.786. The van der Waals surface area contributed by atoms with Gasteiger partial charge in [-0.1, -0.05) is 6.92 Å². The maximum Gasteiger partial charge on any atom is 0.0897 e. The van der Waals surface area contributed by atoms with Gasteiger partial charge in [0.15, 0.2) is 0 Å². The van der Waals surface area contributed by atoms with Crippen LogP contribution < -0.4 is 5.73 Å². The van der Waals surface area contributed by atoms with Gasteiger partial charge in [0.05, 0.1) is 10.7 Å². The zero-order valence-electron chi connectivity index (χ0n) is 11.7. The van der Waals surface area contributed by atoms with Crippen molar-refractivity contribution in [2.24, 2.45) is 17.6 Å². The highest BCUT2D eigenvalue weighted by Crippen LogP contribution is 2.28. The summed E-state index contributed by atoms with van der Waals surface area (Å²) in [4.78, 5) is 6.90. The second kappa shape index (κ2) is 6.13. The first-order chi connectivity index (χ1) is 8.54. The van der Waals surface area contributed by atoms with Crippen LogP contribution in [-0.4, -0.2) is 29.5 Å². The maximum atomic E-state index is 6.25. The van der Waals surface area contributed by atoms with E-state index in [4.69, 9.17) is 5.73 Å². The van der Waals surface area contributed by atoms with E-state index in [0.717, 1.165) is 24.0 Å². The molecule has 4 heteroatoms. The molecule has 1 aromatic rings. The Morgan fingerprint density at radius 3 is 2.94 bits per heavy atom. The van der Waals surface area contributed by atoms with E-state index in [1.54, 1.807) is 11.3 Å². The number of rotatable bonds is 4. The van der Waals surface area contributed by atoms with Crippen LogP contribution in [0.3, 0.4) is 0 Å². The Bertz CT molecular complexity index is 377. The minimum absolute atomic E-state index is 0.390. The van der Waals surface area contributed by atoms with E-state index in [9.17, 15) is 0 Å². The lowest BCUT2D eigenvalue weighted by Gasteiger charge is -2.35. The number of aryl methyl sites for hydroxylation is 1. The Hall–Kier alpha value is -0.450. The van der Waals surface area contributed by atoms with Gasteiger partial charge in [-0.25, -0.2) is 4.98 Å². The van der Waals surface area contributed by atoms with Crippen LogP contribution >= 0.6 is 11.3 Å². The van der Waals surface area contributed by atoms with Crippen molar-refractivity contribution in [3.05, 3.63) is 16.1 Å². The van der Waals surface area contributed by atoms with Crippen LogP contribution in [0, 0.1) is 18.8 Å². The molecule has 1 fully saturated rings. The number of aromatic nitrogens is 1. The van der Waals surface area contributed by atoms with E-state index in [2.05, 4.69) is 36.2 Å². The number of hydrogen-bond acceptors (Lipinski definition) is 4. The average molecular weight is 267 g/mol. The van der Waals surface area contributed by atoms with Gasteiger partial charge >= 0.3 is 0 Å². The number of hydrogen-bond donors (Lipinski definition) is 1. The van der Waals surface area contributed by atoms with Gasteiger partial charge in [0.2, 0.25) is 0 Å². The zero-order chi connectivity index (χ0) is 13.1. The summed E-state index contributed by atoms with van der Waals surface area (Å²) in [7, 11) is 2.18. The van der Waals surface area contributed by atoms with Gasteiger partial charge in [-0.2, -0.15) is 0 Å². The van der Waals surface area contributed by atoms with Gasteiger partial charge in [0.25, 0.3) is 0 Å². The summed E-state index contributed by atoms with van der Waals surface area (Å²) in [6.07, 6.45) is 3.77. The molecule has 1 aliphatic carbocycles. The molecule has 1 heterocycles. The Kier molecular flexibility index (Phi) is 4.76. The van der Waals surface area contributed by atoms with Crippen molar-refractivity contribution in [2.45, 2.75) is 45.7 Å². The van der Waals surface area contributed by atoms with Crippen molar-refractivity contribution in [3.8, 4) is 0 Å². The molecule has 0 aliphatic heterocycles. The number of nitrogens with zero attached hydrogens (tertiary/aromatic N) is 2. The Labute approximate surface area is 114 Å². The molecule has 2 rings (SSSR count). The highest BCUT2D eigenvalue weighted by molar-refractivity contribution is 7.09. The third-order valence-electron chi connectivity index (χ3n) is 3.95. The van der Waals surface area contributed by atoms with E-state index in [-0.39, 0.29) is 0 Å². The molecule has 0 saturated heterocycles. The van der Waals surface area contributed by atoms with Crippen molar-refractivity contribution in [1.29, 1.82) is 0 Å². The normalized spacial score (nSPS) is 28.8. The Morgan fingerprint density at radius 1 is 1.50 bits per heavy atom. The third kappa shape index (κ3) is 3.77. The minimum atomic E-state index is 0.390. The largest absolute Gasteiger partial charge is 0.327 e. The minimum Gasteiger partial charge on any atom is -0.327 e. The molecule has 2 N–H and O–H groups in total. The molecule has 1 aliphatic rings. The quantitative estimate of drug-likeness (QED) is 0.912. The topological polar surface area (TPSA) is 42.2 Å². The van der Waals surface area contributed by atoms with E-state index in [1.807, 2.05) is 0 Å². The predicted octanol–water partition coefficient (Wildman–Crippen LogP) is 2.65. The molecule has 102 valence electrons. The fourth-order valence-electron chi connectivity index (χ4n) is 2.95. The van der Waals surface area contributed by atoms with Crippen molar-refractivity contribution >= 4 is 11.3 Å². The van der Waals surface area contributed by atoms with Gasteiger partial charge in [-0.3, -0.25) is 0 Å². The first kappa shape index (κ1) is 14.0. The Morgan fingerprint density at radius 2 is 2.28 bits per heavy atom. The highest BCUT2D eigenvalue weighted by atomic mass is 32.1. The second-order valence-corrected chi connectivity index (χ2v) is 6.96. The van der Waals surface area contributed by atoms with Gasteiger partial charge in [0, 0.05) is 24.5 Å². The summed E-state index contributed by atoms with van der Waals surface area (Å²) in [5, 5.41) is 3.32. The molecule has 1 aromatic heterocycles. The maximum absolute atomic E-state index is 6.25. The SMILES string of the molecule is Cc1nc(CN(C)CC2CC(C)CCC2N)cs1. The molecule has 0 spiro atoms. The van der Waals surface area contributed by atoms with Crippen LogP contribution in [0.25, 0.3) is 0 Å². The average Bonchev–Trinajstić information content (AvgIpc) is 2.69. The smallest absolute Gasteiger partial charge is 0.0897 e. The first-order valence-electron chi connectivity index (χ1n) is 6.89. The lowest BCUT2D eigenvalue weighted by Crippen LogP contribution is -2.41. The van der Waals surface area contributed by atoms with E-state index >= 15 is 0 Å². The Balaban J connectivity index is 1.84. The van der Waals surface area contributed by atoms with Gasteiger partial charge < -0.3 is 10.6 Å². The lowest BCUT2D eigenvalue weighted by molar-refractivity contribution is 0.176. The van der Waals surface area contributed by atoms with Crippen LogP contribution in [-0.2, 0) is 6.54 Å². The van der Waals surface area contributed by atoms with Crippen molar-refractivity contribution in [2.75, 3.05) is 13.6 Å². The summed E-state index contributed by atoms with van der Waals surface area (Å²) in [5.41, 5.74) is 7.44. The molecule has 18 heavy (non-hydrogen) atoms. The summed E-state index contributed by atoms with van der Waals surface area (Å²) in [6.45, 7) is 6.46. The first-order valence-corrected chi connectivity index (χ1v) is 7.77. The van der Waals surface area contributed by atoms with Gasteiger partial charge in [-0.05, 0) is 45.1 Å². The van der Waals surface area contributed by atoms with Crippen molar-refractivity contribution in [3.63, 3.8) is 0 Å². The molecular weight excluding hydrogens is 242 g/mol. The molecule has 1 saturated carbocycles. The van der Waals surface area contributed by atoms with Crippen LogP contribution in [0.2, 0.25) is 0 Å². The molecule has 0 amide bonds. The van der Waals surface area contributed by atoms with Crippen LogP contribution in [0.4, 0.5) is 0 Å². The van der Waals surface area contributed by atoms with Crippen molar-refractivity contribution < 1.29 is 0 Å². The zero-order valence-corrected chi connectivity index (χ0v) is 12.5.